The van der Waals surface area contributed by atoms with Crippen molar-refractivity contribution in [2.24, 2.45) is 5.73 Å². The van der Waals surface area contributed by atoms with Gasteiger partial charge in [0.25, 0.3) is 0 Å². The number of fused-ring (bicyclic) bond motifs is 1. The van der Waals surface area contributed by atoms with Crippen LogP contribution < -0.4 is 5.73 Å². The van der Waals surface area contributed by atoms with E-state index in [4.69, 9.17) is 10.7 Å². The van der Waals surface area contributed by atoms with Gasteiger partial charge < -0.3 is 10.3 Å². The Morgan fingerprint density at radius 1 is 1.35 bits per heavy atom. The summed E-state index contributed by atoms with van der Waals surface area (Å²) in [6.45, 7) is 3.13. The molecule has 0 amide bonds. The van der Waals surface area contributed by atoms with E-state index in [0.29, 0.717) is 6.42 Å². The van der Waals surface area contributed by atoms with Gasteiger partial charge >= 0.3 is 0 Å². The maximum atomic E-state index is 6.24. The van der Waals surface area contributed by atoms with Crippen molar-refractivity contribution >= 4 is 22.6 Å². The zero-order chi connectivity index (χ0) is 13.9. The zero-order valence-electron chi connectivity index (χ0n) is 11.4. The number of hydrogen-bond donors (Lipinski definition) is 1. The third-order valence-electron chi connectivity index (χ3n) is 3.33. The van der Waals surface area contributed by atoms with Gasteiger partial charge in [-0.25, -0.2) is 4.98 Å². The fourth-order valence-electron chi connectivity index (χ4n) is 2.39. The molecule has 0 aliphatic rings. The Labute approximate surface area is 121 Å². The Bertz CT molecular complexity index is 689. The van der Waals surface area contributed by atoms with E-state index < -0.39 is 0 Å². The number of imidazole rings is 1. The average Bonchev–Trinajstić information content (AvgIpc) is 3.08. The van der Waals surface area contributed by atoms with Gasteiger partial charge in [0.15, 0.2) is 0 Å². The molecule has 104 valence electrons. The fraction of sp³-hybridized carbons (Fsp3) is 0.357. The van der Waals surface area contributed by atoms with Crippen molar-refractivity contribution in [1.29, 1.82) is 0 Å². The van der Waals surface area contributed by atoms with Crippen molar-refractivity contribution in [2.45, 2.75) is 32.4 Å². The van der Waals surface area contributed by atoms with Gasteiger partial charge in [-0.3, -0.25) is 0 Å². The average molecular weight is 287 g/mol. The monoisotopic (exact) mass is 287 g/mol. The Hall–Kier alpha value is -1.79. The third kappa shape index (κ3) is 2.44. The molecule has 20 heavy (non-hydrogen) atoms. The molecule has 0 fully saturated rings. The molecule has 2 N–H and O–H groups in total. The molecule has 0 bridgehead atoms. The van der Waals surface area contributed by atoms with Crippen LogP contribution in [0.3, 0.4) is 0 Å². The fourth-order valence-corrected chi connectivity index (χ4v) is 2.89. The summed E-state index contributed by atoms with van der Waals surface area (Å²) < 4.78 is 6.14. The quantitative estimate of drug-likeness (QED) is 0.783. The normalized spacial score (nSPS) is 12.9. The highest BCUT2D eigenvalue weighted by Crippen LogP contribution is 2.22. The molecule has 3 aromatic rings. The van der Waals surface area contributed by atoms with Crippen molar-refractivity contribution in [3.63, 3.8) is 0 Å². The summed E-state index contributed by atoms with van der Waals surface area (Å²) in [5.74, 6) is 1.04. The van der Waals surface area contributed by atoms with Crippen LogP contribution in [0.15, 0.2) is 30.5 Å². The van der Waals surface area contributed by atoms with Crippen molar-refractivity contribution < 1.29 is 0 Å². The molecule has 0 saturated heterocycles. The number of aromatic nitrogens is 4. The molecule has 1 atom stereocenters. The van der Waals surface area contributed by atoms with Crippen LogP contribution >= 0.6 is 11.5 Å². The van der Waals surface area contributed by atoms with Crippen LogP contribution in [-0.2, 0) is 13.0 Å². The molecule has 0 spiro atoms. The van der Waals surface area contributed by atoms with Crippen LogP contribution in [0.25, 0.3) is 11.0 Å². The van der Waals surface area contributed by atoms with Gasteiger partial charge in [0, 0.05) is 19.0 Å². The van der Waals surface area contributed by atoms with Gasteiger partial charge in [0.2, 0.25) is 0 Å². The minimum atomic E-state index is -0.0950. The second-order valence-electron chi connectivity index (χ2n) is 4.80. The highest BCUT2D eigenvalue weighted by Gasteiger charge is 2.15. The largest absolute Gasteiger partial charge is 0.328 e. The number of nitrogens with zero attached hydrogens (tertiary/aromatic N) is 4. The smallest absolute Gasteiger partial charge is 0.111 e. The summed E-state index contributed by atoms with van der Waals surface area (Å²) in [5, 5.41) is 3.85. The number of benzene rings is 1. The maximum Gasteiger partial charge on any atom is 0.111 e. The minimum absolute atomic E-state index is 0.0950. The van der Waals surface area contributed by atoms with Gasteiger partial charge in [-0.2, -0.15) is 0 Å². The molecule has 0 saturated carbocycles. The van der Waals surface area contributed by atoms with E-state index in [1.54, 1.807) is 6.20 Å². The molecule has 0 radical (unpaired) electrons. The SMILES string of the molecule is CCCn1c(CC(N)c2cnns2)nc2ccccc21. The predicted molar refractivity (Wildman–Crippen MR) is 80.6 cm³/mol. The Morgan fingerprint density at radius 3 is 2.95 bits per heavy atom. The molecule has 5 nitrogen and oxygen atoms in total. The van der Waals surface area contributed by atoms with E-state index in [0.717, 1.165) is 29.2 Å². The van der Waals surface area contributed by atoms with Crippen LogP contribution in [0.4, 0.5) is 0 Å². The number of aryl methyl sites for hydroxylation is 1. The van der Waals surface area contributed by atoms with E-state index in [2.05, 4.69) is 27.1 Å². The lowest BCUT2D eigenvalue weighted by molar-refractivity contribution is 0.613. The number of rotatable bonds is 5. The van der Waals surface area contributed by atoms with Gasteiger partial charge in [0.1, 0.15) is 5.82 Å². The van der Waals surface area contributed by atoms with Crippen molar-refractivity contribution in [1.82, 2.24) is 19.1 Å². The first-order chi connectivity index (χ1) is 9.79. The molecule has 6 heteroatoms. The number of para-hydroxylation sites is 2. The molecule has 0 aliphatic heterocycles. The minimum Gasteiger partial charge on any atom is -0.328 e. The van der Waals surface area contributed by atoms with Crippen LogP contribution in [0.5, 0.6) is 0 Å². The molecule has 2 aromatic heterocycles. The summed E-state index contributed by atoms with van der Waals surface area (Å²) in [5.41, 5.74) is 8.45. The number of nitrogens with two attached hydrogens (primary N) is 1. The zero-order valence-corrected chi connectivity index (χ0v) is 12.2. The van der Waals surface area contributed by atoms with E-state index in [-0.39, 0.29) is 6.04 Å². The Morgan fingerprint density at radius 2 is 2.20 bits per heavy atom. The first-order valence-corrected chi connectivity index (χ1v) is 7.54. The van der Waals surface area contributed by atoms with E-state index >= 15 is 0 Å². The first-order valence-electron chi connectivity index (χ1n) is 6.76. The van der Waals surface area contributed by atoms with E-state index in [1.165, 1.54) is 17.0 Å². The van der Waals surface area contributed by atoms with Gasteiger partial charge in [0.05, 0.1) is 22.1 Å². The maximum absolute atomic E-state index is 6.24. The van der Waals surface area contributed by atoms with Crippen LogP contribution in [0.2, 0.25) is 0 Å². The standard InChI is InChI=1S/C14H17N5S/c1-2-7-19-12-6-4-3-5-11(12)17-14(19)8-10(15)13-9-16-18-20-13/h3-6,9-10H,2,7-8,15H2,1H3. The lowest BCUT2D eigenvalue weighted by atomic mass is 10.2. The second kappa shape index (κ2) is 5.68. The topological polar surface area (TPSA) is 69.6 Å². The first kappa shape index (κ1) is 13.2. The molecular formula is C14H17N5S. The van der Waals surface area contributed by atoms with E-state index in [1.807, 2.05) is 18.2 Å². The Balaban J connectivity index is 1.96. The summed E-state index contributed by atoms with van der Waals surface area (Å²) in [6, 6.07) is 8.13. The van der Waals surface area contributed by atoms with Crippen LogP contribution in [-0.4, -0.2) is 19.1 Å². The van der Waals surface area contributed by atoms with Crippen molar-refractivity contribution in [3.8, 4) is 0 Å². The number of hydrogen-bond acceptors (Lipinski definition) is 5. The molecular weight excluding hydrogens is 270 g/mol. The van der Waals surface area contributed by atoms with Crippen LogP contribution in [0.1, 0.15) is 30.1 Å². The van der Waals surface area contributed by atoms with Crippen molar-refractivity contribution in [2.75, 3.05) is 0 Å². The summed E-state index contributed by atoms with van der Waals surface area (Å²) in [4.78, 5) is 5.73. The molecule has 3 rings (SSSR count). The van der Waals surface area contributed by atoms with Gasteiger partial charge in [-0.05, 0) is 30.1 Å². The predicted octanol–water partition coefficient (Wildman–Crippen LogP) is 2.54. The molecule has 0 aliphatic carbocycles. The summed E-state index contributed by atoms with van der Waals surface area (Å²) in [6.07, 6.45) is 3.52. The highest BCUT2D eigenvalue weighted by atomic mass is 32.1. The van der Waals surface area contributed by atoms with Gasteiger partial charge in [-0.15, -0.1) is 5.10 Å². The lowest BCUT2D eigenvalue weighted by Gasteiger charge is -2.11. The van der Waals surface area contributed by atoms with Gasteiger partial charge in [-0.1, -0.05) is 23.5 Å². The summed E-state index contributed by atoms with van der Waals surface area (Å²) in [7, 11) is 0. The third-order valence-corrected chi connectivity index (χ3v) is 4.12. The van der Waals surface area contributed by atoms with Crippen LogP contribution in [0, 0.1) is 0 Å². The molecule has 1 unspecified atom stereocenters. The Kier molecular flexibility index (Phi) is 3.75. The lowest BCUT2D eigenvalue weighted by Crippen LogP contribution is -2.15. The highest BCUT2D eigenvalue weighted by molar-refractivity contribution is 7.05. The van der Waals surface area contributed by atoms with Crippen molar-refractivity contribution in [3.05, 3.63) is 41.2 Å². The van der Waals surface area contributed by atoms with E-state index in [9.17, 15) is 0 Å². The second-order valence-corrected chi connectivity index (χ2v) is 5.62. The molecule has 2 heterocycles. The summed E-state index contributed by atoms with van der Waals surface area (Å²) >= 11 is 1.35. The molecule has 1 aromatic carbocycles.